The minimum Gasteiger partial charge on any atom is -0.488 e. The Balaban J connectivity index is 2.44. The van der Waals surface area contributed by atoms with Crippen molar-refractivity contribution in [1.29, 1.82) is 0 Å². The number of para-hydroxylation sites is 1. The number of carbonyl (C=O) groups excluding carboxylic acids is 1. The van der Waals surface area contributed by atoms with Gasteiger partial charge in [-0.05, 0) is 12.1 Å². The monoisotopic (exact) mass is 173 g/mol. The van der Waals surface area contributed by atoms with E-state index in [4.69, 9.17) is 4.74 Å². The molecule has 1 aliphatic rings. The van der Waals surface area contributed by atoms with Crippen LogP contribution in [0.25, 0.3) is 6.08 Å². The molecular formula is C11H9O2. The van der Waals surface area contributed by atoms with Gasteiger partial charge in [-0.2, -0.15) is 0 Å². The van der Waals surface area contributed by atoms with Gasteiger partial charge in [0.15, 0.2) is 5.78 Å². The zero-order chi connectivity index (χ0) is 9.26. The lowest BCUT2D eigenvalue weighted by molar-refractivity contribution is -0.111. The molecule has 0 aromatic heterocycles. The van der Waals surface area contributed by atoms with Crippen molar-refractivity contribution in [2.45, 2.75) is 0 Å². The second-order valence-electron chi connectivity index (χ2n) is 2.92. The molecule has 1 aliphatic heterocycles. The molecule has 1 aromatic carbocycles. The summed E-state index contributed by atoms with van der Waals surface area (Å²) in [5.74, 6) is 0.655. The van der Waals surface area contributed by atoms with Crippen LogP contribution in [0, 0.1) is 6.92 Å². The van der Waals surface area contributed by atoms with Crippen LogP contribution in [0.5, 0.6) is 5.75 Å². The molecule has 0 N–H and O–H groups in total. The molecule has 1 heterocycles. The number of ketones is 1. The first-order chi connectivity index (χ1) is 6.27. The van der Waals surface area contributed by atoms with Crippen LogP contribution in [0.1, 0.15) is 5.56 Å². The number of fused-ring (bicyclic) bond motifs is 1. The number of hydrogen-bond acceptors (Lipinski definition) is 2. The van der Waals surface area contributed by atoms with Gasteiger partial charge in [-0.1, -0.05) is 18.2 Å². The summed E-state index contributed by atoms with van der Waals surface area (Å²) >= 11 is 0. The van der Waals surface area contributed by atoms with Crippen LogP contribution in [0.3, 0.4) is 0 Å². The third kappa shape index (κ3) is 1.47. The number of carbonyl (C=O) groups is 1. The molecule has 2 heteroatoms. The first kappa shape index (κ1) is 8.05. The van der Waals surface area contributed by atoms with Gasteiger partial charge in [0.1, 0.15) is 12.4 Å². The Morgan fingerprint density at radius 3 is 2.92 bits per heavy atom. The molecule has 0 amide bonds. The minimum atomic E-state index is -0.172. The van der Waals surface area contributed by atoms with Crippen LogP contribution in [-0.4, -0.2) is 12.4 Å². The van der Waals surface area contributed by atoms with Crippen molar-refractivity contribution >= 4 is 11.9 Å². The summed E-state index contributed by atoms with van der Waals surface area (Å²) in [6, 6.07) is 7.62. The van der Waals surface area contributed by atoms with Crippen molar-refractivity contribution in [3.8, 4) is 5.75 Å². The second-order valence-corrected chi connectivity index (χ2v) is 2.92. The average Bonchev–Trinajstić information content (AvgIpc) is 2.17. The predicted octanol–water partition coefficient (Wildman–Crippen LogP) is 1.87. The molecule has 0 fully saturated rings. The molecule has 0 spiro atoms. The van der Waals surface area contributed by atoms with Gasteiger partial charge in [-0.3, -0.25) is 4.79 Å². The Morgan fingerprint density at radius 1 is 1.38 bits per heavy atom. The van der Waals surface area contributed by atoms with E-state index in [1.165, 1.54) is 0 Å². The van der Waals surface area contributed by atoms with Crippen molar-refractivity contribution in [3.05, 3.63) is 42.3 Å². The zero-order valence-corrected chi connectivity index (χ0v) is 7.12. The van der Waals surface area contributed by atoms with Crippen molar-refractivity contribution in [1.82, 2.24) is 0 Å². The molecule has 13 heavy (non-hydrogen) atoms. The van der Waals surface area contributed by atoms with Gasteiger partial charge in [0.2, 0.25) is 0 Å². The standard InChI is InChI=1S/C11H9O2/c1-8(12)10-6-9-4-2-3-5-11(9)13-7-10/h2-6H,1,7H2. The van der Waals surface area contributed by atoms with E-state index in [-0.39, 0.29) is 5.78 Å². The third-order valence-electron chi connectivity index (χ3n) is 1.99. The number of Topliss-reactive ketones (excluding diaryl/α,β-unsaturated/α-hetero) is 1. The lowest BCUT2D eigenvalue weighted by Gasteiger charge is -2.15. The first-order valence-electron chi connectivity index (χ1n) is 4.06. The Bertz CT molecular complexity index is 377. The molecule has 2 rings (SSSR count). The van der Waals surface area contributed by atoms with Gasteiger partial charge in [0.25, 0.3) is 0 Å². The SMILES string of the molecule is [CH2]C(=O)C1=Cc2ccccc2OC1. The highest BCUT2D eigenvalue weighted by molar-refractivity contribution is 6.03. The largest absolute Gasteiger partial charge is 0.488 e. The summed E-state index contributed by atoms with van der Waals surface area (Å²) in [5, 5.41) is 0. The molecule has 1 aromatic rings. The van der Waals surface area contributed by atoms with Gasteiger partial charge >= 0.3 is 0 Å². The number of rotatable bonds is 1. The van der Waals surface area contributed by atoms with Crippen LogP contribution >= 0.6 is 0 Å². The van der Waals surface area contributed by atoms with Gasteiger partial charge in [0, 0.05) is 18.1 Å². The highest BCUT2D eigenvalue weighted by atomic mass is 16.5. The van der Waals surface area contributed by atoms with E-state index >= 15 is 0 Å². The highest BCUT2D eigenvalue weighted by Crippen LogP contribution is 2.25. The molecule has 0 saturated heterocycles. The normalized spacial score (nSPS) is 14.1. The molecule has 1 radical (unpaired) electrons. The summed E-state index contributed by atoms with van der Waals surface area (Å²) in [6.07, 6.45) is 1.83. The quantitative estimate of drug-likeness (QED) is 0.648. The number of ether oxygens (including phenoxy) is 1. The lowest BCUT2D eigenvalue weighted by Crippen LogP contribution is -2.12. The molecule has 0 atom stereocenters. The zero-order valence-electron chi connectivity index (χ0n) is 7.12. The van der Waals surface area contributed by atoms with Crippen molar-refractivity contribution < 1.29 is 9.53 Å². The topological polar surface area (TPSA) is 26.3 Å². The fourth-order valence-corrected chi connectivity index (χ4v) is 1.28. The second kappa shape index (κ2) is 3.05. The van der Waals surface area contributed by atoms with Crippen LogP contribution < -0.4 is 4.74 Å². The van der Waals surface area contributed by atoms with Crippen molar-refractivity contribution in [2.24, 2.45) is 0 Å². The maximum Gasteiger partial charge on any atom is 0.162 e. The Hall–Kier alpha value is -1.57. The van der Waals surface area contributed by atoms with Crippen LogP contribution in [-0.2, 0) is 4.79 Å². The Labute approximate surface area is 76.8 Å². The van der Waals surface area contributed by atoms with E-state index < -0.39 is 0 Å². The Kier molecular flexibility index (Phi) is 1.89. The smallest absolute Gasteiger partial charge is 0.162 e. The van der Waals surface area contributed by atoms with Crippen molar-refractivity contribution in [2.75, 3.05) is 6.61 Å². The van der Waals surface area contributed by atoms with E-state index in [1.54, 1.807) is 0 Å². The van der Waals surface area contributed by atoms with Crippen LogP contribution in [0.2, 0.25) is 0 Å². The number of hydrogen-bond donors (Lipinski definition) is 0. The maximum absolute atomic E-state index is 10.9. The summed E-state index contributed by atoms with van der Waals surface area (Å²) in [6.45, 7) is 3.68. The van der Waals surface area contributed by atoms with E-state index in [1.807, 2.05) is 30.3 Å². The summed E-state index contributed by atoms with van der Waals surface area (Å²) < 4.78 is 5.37. The van der Waals surface area contributed by atoms with Crippen LogP contribution in [0.15, 0.2) is 29.8 Å². The fraction of sp³-hybridized carbons (Fsp3) is 0.0909. The first-order valence-corrected chi connectivity index (χ1v) is 4.06. The summed E-state index contributed by atoms with van der Waals surface area (Å²) in [5.41, 5.74) is 1.57. The van der Waals surface area contributed by atoms with Gasteiger partial charge in [-0.15, -0.1) is 0 Å². The summed E-state index contributed by atoms with van der Waals surface area (Å²) in [4.78, 5) is 10.9. The molecule has 0 aliphatic carbocycles. The number of benzene rings is 1. The molecule has 0 saturated carbocycles. The van der Waals surface area contributed by atoms with E-state index in [0.717, 1.165) is 11.3 Å². The Morgan fingerprint density at radius 2 is 2.15 bits per heavy atom. The molecule has 65 valence electrons. The van der Waals surface area contributed by atoms with Gasteiger partial charge in [-0.25, -0.2) is 0 Å². The maximum atomic E-state index is 10.9. The molecular weight excluding hydrogens is 164 g/mol. The average molecular weight is 173 g/mol. The van der Waals surface area contributed by atoms with Crippen molar-refractivity contribution in [3.63, 3.8) is 0 Å². The lowest BCUT2D eigenvalue weighted by atomic mass is 10.1. The van der Waals surface area contributed by atoms with Crippen LogP contribution in [0.4, 0.5) is 0 Å². The molecule has 2 nitrogen and oxygen atoms in total. The predicted molar refractivity (Wildman–Crippen MR) is 50.3 cm³/mol. The van der Waals surface area contributed by atoms with E-state index in [2.05, 4.69) is 6.92 Å². The minimum absolute atomic E-state index is 0.172. The third-order valence-corrected chi connectivity index (χ3v) is 1.99. The van der Waals surface area contributed by atoms with Gasteiger partial charge in [0.05, 0.1) is 0 Å². The summed E-state index contributed by atoms with van der Waals surface area (Å²) in [7, 11) is 0. The molecule has 0 unspecified atom stereocenters. The van der Waals surface area contributed by atoms with Gasteiger partial charge < -0.3 is 4.74 Å². The highest BCUT2D eigenvalue weighted by Gasteiger charge is 2.12. The molecule has 0 bridgehead atoms. The van der Waals surface area contributed by atoms with E-state index in [0.29, 0.717) is 12.2 Å². The fourth-order valence-electron chi connectivity index (χ4n) is 1.28. The van der Waals surface area contributed by atoms with E-state index in [9.17, 15) is 4.79 Å².